The molecule has 0 amide bonds. The Bertz CT molecular complexity index is 479. The molecule has 0 unspecified atom stereocenters. The maximum atomic E-state index is 12.0. The first-order valence-corrected chi connectivity index (χ1v) is 5.29. The molecule has 0 aliphatic rings. The minimum Gasteiger partial charge on any atom is -1.00 e. The molecule has 0 fully saturated rings. The summed E-state index contributed by atoms with van der Waals surface area (Å²) >= 11 is 0. The van der Waals surface area contributed by atoms with Gasteiger partial charge in [0.15, 0.2) is 0 Å². The van der Waals surface area contributed by atoms with E-state index in [9.17, 15) is 24.6 Å². The summed E-state index contributed by atoms with van der Waals surface area (Å²) in [6.45, 7) is 0. The van der Waals surface area contributed by atoms with Gasteiger partial charge in [0.2, 0.25) is 0 Å². The molecule has 76 valence electrons. The normalized spacial score (nSPS) is 12.1. The number of H-pyrrole nitrogens is 1. The molecule has 12 heteroatoms. The van der Waals surface area contributed by atoms with E-state index < -0.39 is 30.8 Å². The van der Waals surface area contributed by atoms with Crippen molar-refractivity contribution in [2.24, 2.45) is 0 Å². The molecular formula is C2H2F2LiN3O4S2. The van der Waals surface area contributed by atoms with E-state index in [2.05, 4.69) is 10.1 Å². The molecule has 0 aliphatic carbocycles. The summed E-state index contributed by atoms with van der Waals surface area (Å²) in [7, 11) is -10.4. The van der Waals surface area contributed by atoms with Crippen molar-refractivity contribution in [1.29, 1.82) is 0 Å². The Balaban J connectivity index is 0. The van der Waals surface area contributed by atoms with Crippen LogP contribution in [0.2, 0.25) is 0 Å². The van der Waals surface area contributed by atoms with Crippen LogP contribution in [0.3, 0.4) is 0 Å². The molecule has 0 spiro atoms. The van der Waals surface area contributed by atoms with E-state index in [-0.39, 0.29) is 20.3 Å². The van der Waals surface area contributed by atoms with Crippen LogP contribution in [0.4, 0.5) is 7.77 Å². The Hall–Kier alpha value is -0.503. The Morgan fingerprint density at radius 2 is 1.64 bits per heavy atom. The second-order valence-electron chi connectivity index (χ2n) is 1.80. The zero-order valence-electron chi connectivity index (χ0n) is 7.60. The first-order valence-electron chi connectivity index (χ1n) is 2.53. The summed E-state index contributed by atoms with van der Waals surface area (Å²) in [5, 5.41) is 1.26. The van der Waals surface area contributed by atoms with Crippen molar-refractivity contribution >= 4 is 20.4 Å². The number of nitrogens with one attached hydrogen (secondary N) is 1. The quantitative estimate of drug-likeness (QED) is 0.420. The van der Waals surface area contributed by atoms with Crippen molar-refractivity contribution in [2.45, 2.75) is 10.3 Å². The average Bonchev–Trinajstić information content (AvgIpc) is 2.28. The summed E-state index contributed by atoms with van der Waals surface area (Å²) < 4.78 is 64.3. The van der Waals surface area contributed by atoms with Gasteiger partial charge in [0.25, 0.3) is 10.3 Å². The van der Waals surface area contributed by atoms with E-state index >= 15 is 0 Å². The van der Waals surface area contributed by atoms with Crippen molar-refractivity contribution in [3.05, 3.63) is 0 Å². The third kappa shape index (κ3) is 3.02. The first kappa shape index (κ1) is 13.5. The van der Waals surface area contributed by atoms with Crippen molar-refractivity contribution in [1.82, 2.24) is 15.2 Å². The first-order chi connectivity index (χ1) is 5.71. The zero-order valence-corrected chi connectivity index (χ0v) is 8.23. The van der Waals surface area contributed by atoms with Crippen LogP contribution in [0.25, 0.3) is 0 Å². The van der Waals surface area contributed by atoms with Gasteiger partial charge in [-0.25, -0.2) is 5.10 Å². The third-order valence-electron chi connectivity index (χ3n) is 0.893. The van der Waals surface area contributed by atoms with Crippen molar-refractivity contribution in [2.75, 3.05) is 0 Å². The van der Waals surface area contributed by atoms with Gasteiger partial charge in [-0.15, -0.1) is 5.10 Å². The monoisotopic (exact) mass is 241 g/mol. The minimum absolute atomic E-state index is 0. The summed E-state index contributed by atoms with van der Waals surface area (Å²) in [6.07, 6.45) is 0. The SMILES string of the molecule is O=S(=O)(F)c1n[nH]c(S(=O)(=O)F)n1.[H-].[Li+]. The molecule has 0 saturated carbocycles. The molecule has 0 saturated heterocycles. The van der Waals surface area contributed by atoms with Gasteiger partial charge in [0.05, 0.1) is 0 Å². The van der Waals surface area contributed by atoms with Crippen molar-refractivity contribution in [3.8, 4) is 0 Å². The molecule has 0 bridgehead atoms. The molecule has 14 heavy (non-hydrogen) atoms. The molecule has 7 nitrogen and oxygen atoms in total. The molecule has 1 rings (SSSR count). The molecule has 1 N–H and O–H groups in total. The van der Waals surface area contributed by atoms with Crippen LogP contribution in [-0.2, 0) is 20.4 Å². The van der Waals surface area contributed by atoms with Crippen LogP contribution in [0.1, 0.15) is 1.43 Å². The number of hydrogen-bond donors (Lipinski definition) is 1. The third-order valence-corrected chi connectivity index (χ3v) is 2.16. The van der Waals surface area contributed by atoms with Gasteiger partial charge >= 0.3 is 39.3 Å². The predicted octanol–water partition coefficient (Wildman–Crippen LogP) is -3.76. The van der Waals surface area contributed by atoms with Gasteiger partial charge in [-0.2, -0.15) is 21.8 Å². The number of halogens is 2. The number of nitrogens with zero attached hydrogens (tertiary/aromatic N) is 2. The average molecular weight is 241 g/mol. The van der Waals surface area contributed by atoms with Gasteiger partial charge in [0.1, 0.15) is 0 Å². The second kappa shape index (κ2) is 3.93. The molecule has 0 radical (unpaired) electrons. The molecule has 1 aromatic rings. The topological polar surface area (TPSA) is 110 Å². The summed E-state index contributed by atoms with van der Waals surface area (Å²) in [5.74, 6) is 0. The van der Waals surface area contributed by atoms with E-state index in [0.717, 1.165) is 0 Å². The fraction of sp³-hybridized carbons (Fsp3) is 0. The van der Waals surface area contributed by atoms with Gasteiger partial charge in [0, 0.05) is 0 Å². The molecule has 0 aromatic carbocycles. The number of rotatable bonds is 2. The van der Waals surface area contributed by atoms with Crippen LogP contribution in [0.5, 0.6) is 0 Å². The van der Waals surface area contributed by atoms with E-state index in [1.807, 2.05) is 0 Å². The van der Waals surface area contributed by atoms with Crippen LogP contribution in [0, 0.1) is 0 Å². The Morgan fingerprint density at radius 1 is 1.14 bits per heavy atom. The van der Waals surface area contributed by atoms with Crippen molar-refractivity contribution < 1.29 is 44.9 Å². The van der Waals surface area contributed by atoms with E-state index in [1.54, 1.807) is 0 Å². The minimum atomic E-state index is -5.23. The predicted molar refractivity (Wildman–Crippen MR) is 34.1 cm³/mol. The summed E-state index contributed by atoms with van der Waals surface area (Å²) in [5.41, 5.74) is 0. The van der Waals surface area contributed by atoms with Gasteiger partial charge < -0.3 is 1.43 Å². The molecule has 0 atom stereocenters. The van der Waals surface area contributed by atoms with Crippen LogP contribution >= 0.6 is 0 Å². The number of aromatic nitrogens is 3. The Morgan fingerprint density at radius 3 is 1.86 bits per heavy atom. The number of aromatic amines is 1. The Kier molecular flexibility index (Phi) is 3.79. The van der Waals surface area contributed by atoms with Gasteiger partial charge in [-0.1, -0.05) is 7.77 Å². The fourth-order valence-corrected chi connectivity index (χ4v) is 1.21. The smallest absolute Gasteiger partial charge is 1.00 e. The van der Waals surface area contributed by atoms with Crippen LogP contribution in [-0.4, -0.2) is 32.0 Å². The molecule has 0 aliphatic heterocycles. The largest absolute Gasteiger partial charge is 1.00 e. The van der Waals surface area contributed by atoms with E-state index in [0.29, 0.717) is 0 Å². The van der Waals surface area contributed by atoms with Gasteiger partial charge in [-0.05, 0) is 0 Å². The Labute approximate surface area is 91.0 Å². The zero-order chi connectivity index (χ0) is 10.3. The number of hydrogen-bond acceptors (Lipinski definition) is 6. The molecule has 1 aromatic heterocycles. The van der Waals surface area contributed by atoms with E-state index in [1.165, 1.54) is 5.10 Å². The van der Waals surface area contributed by atoms with Crippen molar-refractivity contribution in [3.63, 3.8) is 0 Å². The summed E-state index contributed by atoms with van der Waals surface area (Å²) in [6, 6.07) is 0. The fourth-order valence-electron chi connectivity index (χ4n) is 0.451. The van der Waals surface area contributed by atoms with Crippen LogP contribution in [0.15, 0.2) is 10.3 Å². The second-order valence-corrected chi connectivity index (χ2v) is 4.30. The maximum Gasteiger partial charge on any atom is 1.00 e. The molecular weight excluding hydrogens is 239 g/mol. The van der Waals surface area contributed by atoms with Crippen LogP contribution < -0.4 is 18.9 Å². The van der Waals surface area contributed by atoms with E-state index in [4.69, 9.17) is 0 Å². The summed E-state index contributed by atoms with van der Waals surface area (Å²) in [4.78, 5) is 2.56. The van der Waals surface area contributed by atoms with Gasteiger partial charge in [-0.3, -0.25) is 0 Å². The standard InChI is InChI=1S/C2HF2N3O4S2.Li.H/c3-12(8,9)1-5-2(7-6-1)13(4,10)11;;/h(H,5,6,7);;/q;+1;-1. The maximum absolute atomic E-state index is 12.0. The molecule has 1 heterocycles.